The number of carbonyl (C=O) groups is 4. The molecule has 45 heavy (non-hydrogen) atoms. The van der Waals surface area contributed by atoms with Gasteiger partial charge in [-0.25, -0.2) is 4.79 Å². The van der Waals surface area contributed by atoms with Gasteiger partial charge in [0, 0.05) is 26.5 Å². The van der Waals surface area contributed by atoms with Crippen LogP contribution in [0.15, 0.2) is 36.7 Å². The Kier molecular flexibility index (Phi) is 13.3. The molecular weight excluding hydrogens is 633 g/mol. The minimum absolute atomic E-state index is 0.0509. The highest BCUT2D eigenvalue weighted by molar-refractivity contribution is 6.34. The van der Waals surface area contributed by atoms with Crippen LogP contribution in [0.5, 0.6) is 0 Å². The van der Waals surface area contributed by atoms with Crippen LogP contribution >= 0.6 is 0 Å². The Morgan fingerprint density at radius 3 is 1.38 bits per heavy atom. The molecule has 3 amide bonds. The van der Waals surface area contributed by atoms with E-state index in [2.05, 4.69) is 14.7 Å². The lowest BCUT2D eigenvalue weighted by Crippen LogP contribution is -2.40. The molecule has 2 N–H and O–H groups in total. The molecule has 2 aromatic heterocycles. The molecule has 2 atom stereocenters. The molecule has 2 rings (SSSR count). The van der Waals surface area contributed by atoms with Crippen LogP contribution in [0.1, 0.15) is 61.3 Å². The number of ether oxygens (including phenoxy) is 1. The second kappa shape index (κ2) is 15.5. The fourth-order valence-corrected chi connectivity index (χ4v) is 3.71. The van der Waals surface area contributed by atoms with Gasteiger partial charge < -0.3 is 20.3 Å². The van der Waals surface area contributed by atoms with Gasteiger partial charge in [0.05, 0.1) is 34.6 Å². The minimum atomic E-state index is -4.78. The third-order valence-electron chi connectivity index (χ3n) is 6.01. The molecule has 0 saturated heterocycles. The molecule has 10 nitrogen and oxygen atoms in total. The number of carbonyl (C=O) groups excluding carboxylic acids is 4. The van der Waals surface area contributed by atoms with Crippen LogP contribution in [0.3, 0.4) is 0 Å². The minimum Gasteiger partial charge on any atom is -0.449 e. The maximum atomic E-state index is 12.5. The lowest BCUT2D eigenvalue weighted by atomic mass is 10.1. The molecule has 0 aromatic carbocycles. The zero-order valence-corrected chi connectivity index (χ0v) is 24.0. The molecule has 2 aromatic rings. The Morgan fingerprint density at radius 2 is 1.11 bits per heavy atom. The highest BCUT2D eigenvalue weighted by Crippen LogP contribution is 2.31. The molecule has 0 radical (unpaired) electrons. The first-order valence-electron chi connectivity index (χ1n) is 12.7. The number of rotatable bonds is 7. The van der Waals surface area contributed by atoms with E-state index in [1.807, 2.05) is 0 Å². The first-order valence-corrected chi connectivity index (χ1v) is 12.7. The van der Waals surface area contributed by atoms with E-state index in [1.54, 1.807) is 13.8 Å². The van der Waals surface area contributed by atoms with Crippen molar-refractivity contribution in [1.29, 1.82) is 0 Å². The van der Waals surface area contributed by atoms with Gasteiger partial charge in [0.25, 0.3) is 0 Å². The third kappa shape index (κ3) is 11.5. The van der Waals surface area contributed by atoms with Crippen molar-refractivity contribution >= 4 is 23.7 Å². The van der Waals surface area contributed by atoms with Crippen molar-refractivity contribution in [2.24, 2.45) is 5.73 Å². The Hall–Kier alpha value is -4.45. The summed E-state index contributed by atoms with van der Waals surface area (Å²) in [4.78, 5) is 54.7. The highest BCUT2D eigenvalue weighted by Gasteiger charge is 2.35. The van der Waals surface area contributed by atoms with Crippen LogP contribution in [0.4, 0.5) is 39.5 Å². The van der Waals surface area contributed by atoms with Crippen molar-refractivity contribution in [2.75, 3.05) is 20.7 Å². The summed E-state index contributed by atoms with van der Waals surface area (Å²) in [5.41, 5.74) is 3.33. The summed E-state index contributed by atoms with van der Waals surface area (Å²) in [6, 6.07) is 2.33. The molecule has 0 saturated carbocycles. The molecule has 19 heteroatoms. The van der Waals surface area contributed by atoms with Crippen LogP contribution in [-0.2, 0) is 36.3 Å². The topological polar surface area (TPSA) is 136 Å². The van der Waals surface area contributed by atoms with Gasteiger partial charge in [-0.3, -0.25) is 24.4 Å². The van der Waals surface area contributed by atoms with E-state index >= 15 is 0 Å². The smallest absolute Gasteiger partial charge is 0.422 e. The van der Waals surface area contributed by atoms with Crippen LogP contribution in [0, 0.1) is 0 Å². The fraction of sp³-hybridized carbons (Fsp3) is 0.462. The van der Waals surface area contributed by atoms with Crippen molar-refractivity contribution in [3.63, 3.8) is 0 Å². The van der Waals surface area contributed by atoms with Crippen molar-refractivity contribution in [3.8, 4) is 0 Å². The van der Waals surface area contributed by atoms with Crippen molar-refractivity contribution in [2.45, 2.75) is 57.3 Å². The molecule has 250 valence electrons. The lowest BCUT2D eigenvalue weighted by Gasteiger charge is -2.26. The van der Waals surface area contributed by atoms with Crippen molar-refractivity contribution in [1.82, 2.24) is 19.8 Å². The van der Waals surface area contributed by atoms with Gasteiger partial charge in [-0.05, 0) is 37.1 Å². The summed E-state index contributed by atoms with van der Waals surface area (Å²) in [6.07, 6.45) is -12.0. The quantitative estimate of drug-likeness (QED) is 0.260. The van der Waals surface area contributed by atoms with Gasteiger partial charge in [-0.2, -0.15) is 39.5 Å². The first-order chi connectivity index (χ1) is 20.5. The molecule has 0 aliphatic rings. The van der Waals surface area contributed by atoms with E-state index in [-0.39, 0.29) is 17.8 Å². The van der Waals surface area contributed by atoms with Gasteiger partial charge in [0.1, 0.15) is 0 Å². The number of primary amides is 1. The van der Waals surface area contributed by atoms with Gasteiger partial charge >= 0.3 is 42.2 Å². The largest absolute Gasteiger partial charge is 0.449 e. The summed E-state index contributed by atoms with van der Waals surface area (Å²) < 4.78 is 115. The number of pyridine rings is 2. The number of likely N-dealkylation sites (N-methyl/N-ethyl adjacent to an activating group) is 2. The molecule has 0 aliphatic heterocycles. The first kappa shape index (κ1) is 38.6. The van der Waals surface area contributed by atoms with E-state index in [4.69, 9.17) is 5.73 Å². The van der Waals surface area contributed by atoms with Gasteiger partial charge in [-0.15, -0.1) is 0 Å². The molecule has 0 fully saturated rings. The predicted octanol–water partition coefficient (Wildman–Crippen LogP) is 4.61. The molecular formula is C26H28F9N5O5. The number of nitrogens with two attached hydrogens (primary N) is 1. The summed E-state index contributed by atoms with van der Waals surface area (Å²) in [5.74, 6) is -5.13. The lowest BCUT2D eigenvalue weighted by molar-refractivity contribution is -0.189. The molecule has 2 unspecified atom stereocenters. The Balaban J connectivity index is 0.000000461. The number of aromatic nitrogens is 2. The number of hydrogen-bond donors (Lipinski definition) is 1. The SMILES string of the molecule is CCC(c1ccc(C(F)(F)F)cn1)N(C)C(=O)C(=O)OCC(F)(F)F.CCC(c1ccc(C(F)(F)F)cn1)N(C)C(=O)C(N)=O. The van der Waals surface area contributed by atoms with Gasteiger partial charge in [0.15, 0.2) is 6.61 Å². The van der Waals surface area contributed by atoms with Crippen molar-refractivity contribution in [3.05, 3.63) is 59.2 Å². The summed E-state index contributed by atoms with van der Waals surface area (Å²) in [6.45, 7) is 1.37. The molecule has 2 heterocycles. The summed E-state index contributed by atoms with van der Waals surface area (Å²) >= 11 is 0. The van der Waals surface area contributed by atoms with E-state index in [1.165, 1.54) is 13.1 Å². The van der Waals surface area contributed by atoms with Crippen LogP contribution < -0.4 is 5.73 Å². The molecule has 0 spiro atoms. The van der Waals surface area contributed by atoms with E-state index < -0.39 is 72.0 Å². The standard InChI is InChI=1S/C14H14F6N2O3.C12H14F3N3O2/c1-3-10(9-5-4-8(6-21-9)14(18,19)20)22(2)11(23)12(24)25-7-13(15,16)17;1-3-9(18(2)11(20)10(16)19)8-5-4-7(6-17-8)12(13,14)15/h4-6,10H,3,7H2,1-2H3;4-6,9H,3H2,1-2H3,(H2,16,19). The predicted molar refractivity (Wildman–Crippen MR) is 136 cm³/mol. The second-order valence-corrected chi connectivity index (χ2v) is 9.17. The number of alkyl halides is 9. The van der Waals surface area contributed by atoms with E-state index in [0.29, 0.717) is 18.8 Å². The third-order valence-corrected chi connectivity index (χ3v) is 6.01. The summed E-state index contributed by atoms with van der Waals surface area (Å²) in [5, 5.41) is 0. The average Bonchev–Trinajstić information content (AvgIpc) is 2.95. The second-order valence-electron chi connectivity index (χ2n) is 9.17. The van der Waals surface area contributed by atoms with Crippen molar-refractivity contribution < 1.29 is 63.4 Å². The maximum absolute atomic E-state index is 12.5. The van der Waals surface area contributed by atoms with E-state index in [0.717, 1.165) is 35.0 Å². The number of nitrogens with zero attached hydrogens (tertiary/aromatic N) is 4. The molecule has 0 aliphatic carbocycles. The Morgan fingerprint density at radius 1 is 0.733 bits per heavy atom. The Labute approximate surface area is 250 Å². The number of amides is 3. The van der Waals surface area contributed by atoms with Crippen LogP contribution in [-0.4, -0.2) is 70.3 Å². The number of esters is 1. The van der Waals surface area contributed by atoms with E-state index in [9.17, 15) is 58.7 Å². The highest BCUT2D eigenvalue weighted by atomic mass is 19.4. The number of hydrogen-bond acceptors (Lipinski definition) is 7. The Bertz CT molecular complexity index is 1310. The normalized spacial score (nSPS) is 13.1. The monoisotopic (exact) mass is 661 g/mol. The number of halogens is 9. The van der Waals surface area contributed by atoms with Crippen LogP contribution in [0.25, 0.3) is 0 Å². The maximum Gasteiger partial charge on any atom is 0.422 e. The molecule has 0 bridgehead atoms. The summed E-state index contributed by atoms with van der Waals surface area (Å²) in [7, 11) is 2.46. The van der Waals surface area contributed by atoms with Crippen LogP contribution in [0.2, 0.25) is 0 Å². The average molecular weight is 662 g/mol. The fourth-order valence-electron chi connectivity index (χ4n) is 3.71. The zero-order valence-electron chi connectivity index (χ0n) is 24.0. The zero-order chi connectivity index (χ0) is 34.9. The van der Waals surface area contributed by atoms with Gasteiger partial charge in [-0.1, -0.05) is 13.8 Å². The van der Waals surface area contributed by atoms with Gasteiger partial charge in [0.2, 0.25) is 0 Å².